The van der Waals surface area contributed by atoms with E-state index in [0.29, 0.717) is 5.69 Å². The number of aromatic amines is 1. The Morgan fingerprint density at radius 1 is 1.35 bits per heavy atom. The summed E-state index contributed by atoms with van der Waals surface area (Å²) in [6, 6.07) is 9.10. The van der Waals surface area contributed by atoms with Crippen LogP contribution in [0, 0.1) is 11.3 Å². The largest absolute Gasteiger partial charge is 0.453 e. The molecule has 0 bridgehead atoms. The van der Waals surface area contributed by atoms with E-state index in [1.54, 1.807) is 12.1 Å². The number of nitrogens with two attached hydrogens (primary N) is 1. The molecule has 0 saturated heterocycles. The Labute approximate surface area is 96.5 Å². The van der Waals surface area contributed by atoms with E-state index in [1.807, 2.05) is 18.2 Å². The van der Waals surface area contributed by atoms with Crippen molar-refractivity contribution in [1.29, 1.82) is 5.26 Å². The average Bonchev–Trinajstić information content (AvgIpc) is 2.93. The number of nitrogens with one attached hydrogen (secondary N) is 1. The van der Waals surface area contributed by atoms with Gasteiger partial charge in [-0.1, -0.05) is 0 Å². The van der Waals surface area contributed by atoms with E-state index in [0.717, 1.165) is 22.2 Å². The van der Waals surface area contributed by atoms with E-state index in [2.05, 4.69) is 10.2 Å². The average molecular weight is 224 g/mol. The van der Waals surface area contributed by atoms with Gasteiger partial charge in [0.15, 0.2) is 0 Å². The van der Waals surface area contributed by atoms with Crippen LogP contribution in [0.15, 0.2) is 34.9 Å². The van der Waals surface area contributed by atoms with Crippen LogP contribution >= 0.6 is 0 Å². The van der Waals surface area contributed by atoms with Crippen molar-refractivity contribution in [3.63, 3.8) is 0 Å². The predicted octanol–water partition coefficient (Wildman–Crippen LogP) is 2.28. The molecule has 0 radical (unpaired) electrons. The Bertz CT molecular complexity index is 732. The fraction of sp³-hybridized carbons (Fsp3) is 0. The minimum absolute atomic E-state index is 0.264. The molecule has 0 aliphatic heterocycles. The zero-order valence-corrected chi connectivity index (χ0v) is 8.77. The molecule has 0 unspecified atom stereocenters. The molecular formula is C12H8N4O. The lowest BCUT2D eigenvalue weighted by Crippen LogP contribution is -1.82. The number of nitrogens with zero attached hydrogens (tertiary/aromatic N) is 2. The first-order valence-corrected chi connectivity index (χ1v) is 5.00. The van der Waals surface area contributed by atoms with Crippen molar-refractivity contribution < 1.29 is 4.42 Å². The van der Waals surface area contributed by atoms with Crippen LogP contribution in [-0.2, 0) is 0 Å². The topological polar surface area (TPSA) is 91.6 Å². The van der Waals surface area contributed by atoms with E-state index < -0.39 is 0 Å². The van der Waals surface area contributed by atoms with Crippen molar-refractivity contribution in [2.24, 2.45) is 0 Å². The molecule has 0 fully saturated rings. The standard InChI is InChI=1S/C12H8N4O/c13-5-9-3-7(6-17-9)12-10-4-8(14)1-2-11(10)15-16-12/h1-4,6H,14H2,(H,15,16). The molecule has 5 nitrogen and oxygen atoms in total. The lowest BCUT2D eigenvalue weighted by atomic mass is 10.1. The first kappa shape index (κ1) is 9.48. The Kier molecular flexibility index (Phi) is 1.89. The normalized spacial score (nSPS) is 10.5. The Morgan fingerprint density at radius 2 is 2.24 bits per heavy atom. The number of anilines is 1. The van der Waals surface area contributed by atoms with Crippen LogP contribution < -0.4 is 5.73 Å². The number of H-pyrrole nitrogens is 1. The highest BCUT2D eigenvalue weighted by molar-refractivity contribution is 5.94. The first-order chi connectivity index (χ1) is 8.28. The van der Waals surface area contributed by atoms with Crippen LogP contribution in [0.5, 0.6) is 0 Å². The lowest BCUT2D eigenvalue weighted by Gasteiger charge is -1.94. The summed E-state index contributed by atoms with van der Waals surface area (Å²) in [4.78, 5) is 0. The summed E-state index contributed by atoms with van der Waals surface area (Å²) in [6.45, 7) is 0. The molecule has 2 heterocycles. The highest BCUT2D eigenvalue weighted by Crippen LogP contribution is 2.28. The van der Waals surface area contributed by atoms with E-state index >= 15 is 0 Å². The van der Waals surface area contributed by atoms with Crippen molar-refractivity contribution in [2.45, 2.75) is 0 Å². The van der Waals surface area contributed by atoms with Gasteiger partial charge in [-0.25, -0.2) is 0 Å². The molecule has 1 aromatic carbocycles. The smallest absolute Gasteiger partial charge is 0.203 e. The van der Waals surface area contributed by atoms with E-state index in [4.69, 9.17) is 15.4 Å². The van der Waals surface area contributed by atoms with Crippen molar-refractivity contribution >= 4 is 16.6 Å². The van der Waals surface area contributed by atoms with Crippen LogP contribution in [0.25, 0.3) is 22.2 Å². The lowest BCUT2D eigenvalue weighted by molar-refractivity contribution is 0.553. The second kappa shape index (κ2) is 3.39. The number of hydrogen-bond acceptors (Lipinski definition) is 4. The number of nitrogen functional groups attached to an aromatic ring is 1. The highest BCUT2D eigenvalue weighted by atomic mass is 16.3. The maximum absolute atomic E-state index is 8.71. The summed E-state index contributed by atoms with van der Waals surface area (Å²) in [5, 5.41) is 16.7. The number of nitriles is 1. The van der Waals surface area contributed by atoms with Gasteiger partial charge in [-0.3, -0.25) is 5.10 Å². The first-order valence-electron chi connectivity index (χ1n) is 5.00. The van der Waals surface area contributed by atoms with Gasteiger partial charge in [0, 0.05) is 22.7 Å². The molecule has 0 amide bonds. The quantitative estimate of drug-likeness (QED) is 0.620. The number of furan rings is 1. The highest BCUT2D eigenvalue weighted by Gasteiger charge is 2.11. The third-order valence-electron chi connectivity index (χ3n) is 2.57. The zero-order chi connectivity index (χ0) is 11.8. The van der Waals surface area contributed by atoms with Gasteiger partial charge in [0.1, 0.15) is 18.0 Å². The Balaban J connectivity index is 2.23. The monoisotopic (exact) mass is 224 g/mol. The summed E-state index contributed by atoms with van der Waals surface area (Å²) < 4.78 is 5.07. The van der Waals surface area contributed by atoms with Crippen molar-refractivity contribution in [3.8, 4) is 17.3 Å². The molecule has 17 heavy (non-hydrogen) atoms. The van der Waals surface area contributed by atoms with Crippen LogP contribution in [-0.4, -0.2) is 10.2 Å². The van der Waals surface area contributed by atoms with Gasteiger partial charge in [-0.2, -0.15) is 10.4 Å². The van der Waals surface area contributed by atoms with Crippen LogP contribution in [0.4, 0.5) is 5.69 Å². The number of aromatic nitrogens is 2. The second-order valence-electron chi connectivity index (χ2n) is 3.69. The van der Waals surface area contributed by atoms with E-state index in [9.17, 15) is 0 Å². The maximum Gasteiger partial charge on any atom is 0.203 e. The van der Waals surface area contributed by atoms with Gasteiger partial charge in [0.25, 0.3) is 0 Å². The minimum atomic E-state index is 0.264. The summed E-state index contributed by atoms with van der Waals surface area (Å²) >= 11 is 0. The predicted molar refractivity (Wildman–Crippen MR) is 62.9 cm³/mol. The molecule has 3 rings (SSSR count). The van der Waals surface area contributed by atoms with Crippen LogP contribution in [0.3, 0.4) is 0 Å². The third-order valence-corrected chi connectivity index (χ3v) is 2.57. The van der Waals surface area contributed by atoms with Crippen molar-refractivity contribution in [1.82, 2.24) is 10.2 Å². The number of benzene rings is 1. The van der Waals surface area contributed by atoms with Gasteiger partial charge in [-0.15, -0.1) is 0 Å². The summed E-state index contributed by atoms with van der Waals surface area (Å²) in [7, 11) is 0. The number of hydrogen-bond donors (Lipinski definition) is 2. The molecule has 82 valence electrons. The molecule has 5 heteroatoms. The molecule has 0 atom stereocenters. The SMILES string of the molecule is N#Cc1cc(-c2n[nH]c3ccc(N)cc23)co1. The molecule has 0 spiro atoms. The fourth-order valence-electron chi connectivity index (χ4n) is 1.77. The van der Waals surface area contributed by atoms with Crippen LogP contribution in [0.1, 0.15) is 5.76 Å². The van der Waals surface area contributed by atoms with Crippen molar-refractivity contribution in [2.75, 3.05) is 5.73 Å². The van der Waals surface area contributed by atoms with Gasteiger partial charge >= 0.3 is 0 Å². The fourth-order valence-corrected chi connectivity index (χ4v) is 1.77. The van der Waals surface area contributed by atoms with E-state index in [1.165, 1.54) is 6.26 Å². The van der Waals surface area contributed by atoms with Gasteiger partial charge in [0.2, 0.25) is 5.76 Å². The Morgan fingerprint density at radius 3 is 3.00 bits per heavy atom. The molecular weight excluding hydrogens is 216 g/mol. The molecule has 0 aliphatic rings. The van der Waals surface area contributed by atoms with E-state index in [-0.39, 0.29) is 5.76 Å². The second-order valence-corrected chi connectivity index (χ2v) is 3.69. The zero-order valence-electron chi connectivity index (χ0n) is 8.77. The van der Waals surface area contributed by atoms with Gasteiger partial charge in [-0.05, 0) is 18.2 Å². The molecule has 0 saturated carbocycles. The minimum Gasteiger partial charge on any atom is -0.453 e. The summed E-state index contributed by atoms with van der Waals surface area (Å²) in [5.41, 5.74) is 8.81. The van der Waals surface area contributed by atoms with Gasteiger partial charge < -0.3 is 10.2 Å². The molecule has 0 aliphatic carbocycles. The summed E-state index contributed by atoms with van der Waals surface area (Å²) in [6.07, 6.45) is 1.51. The molecule has 3 aromatic rings. The van der Waals surface area contributed by atoms with Crippen LogP contribution in [0.2, 0.25) is 0 Å². The summed E-state index contributed by atoms with van der Waals surface area (Å²) in [5.74, 6) is 0.264. The molecule has 2 aromatic heterocycles. The van der Waals surface area contributed by atoms with Crippen molar-refractivity contribution in [3.05, 3.63) is 36.3 Å². The number of fused-ring (bicyclic) bond motifs is 1. The Hall–Kier alpha value is -2.74. The third kappa shape index (κ3) is 1.43. The number of rotatable bonds is 1. The van der Waals surface area contributed by atoms with Gasteiger partial charge in [0.05, 0.1) is 5.52 Å². The molecule has 3 N–H and O–H groups in total. The maximum atomic E-state index is 8.71.